The van der Waals surface area contributed by atoms with Crippen molar-refractivity contribution in [3.63, 3.8) is 0 Å². The van der Waals surface area contributed by atoms with Crippen LogP contribution in [0.4, 0.5) is 33.5 Å². The van der Waals surface area contributed by atoms with Crippen LogP contribution in [0.15, 0.2) is 36.4 Å². The normalized spacial score (nSPS) is 11.9. The molecule has 0 aliphatic heterocycles. The molecule has 2 aromatic carbocycles. The first kappa shape index (κ1) is 14.3. The van der Waals surface area contributed by atoms with Crippen LogP contribution in [0.1, 0.15) is 5.56 Å². The predicted molar refractivity (Wildman–Crippen MR) is 70.7 cm³/mol. The number of rotatable bonds is 2. The molecule has 0 saturated heterocycles. The number of anilines is 2. The monoisotopic (exact) mass is 313 g/mol. The Bertz CT molecular complexity index is 838. The van der Waals surface area contributed by atoms with Crippen molar-refractivity contribution < 1.29 is 22.0 Å². The second-order valence-electron chi connectivity index (χ2n) is 4.58. The van der Waals surface area contributed by atoms with Crippen LogP contribution in [0, 0.1) is 11.6 Å². The van der Waals surface area contributed by atoms with Crippen molar-refractivity contribution in [3.8, 4) is 0 Å². The van der Waals surface area contributed by atoms with Gasteiger partial charge in [-0.1, -0.05) is 0 Å². The largest absolute Gasteiger partial charge is 0.416 e. The van der Waals surface area contributed by atoms with Gasteiger partial charge in [0.2, 0.25) is 0 Å². The van der Waals surface area contributed by atoms with E-state index in [1.807, 2.05) is 0 Å². The van der Waals surface area contributed by atoms with Crippen molar-refractivity contribution in [2.45, 2.75) is 6.18 Å². The molecule has 3 nitrogen and oxygen atoms in total. The number of halogens is 5. The zero-order chi connectivity index (χ0) is 15.9. The topological polar surface area (TPSA) is 40.7 Å². The summed E-state index contributed by atoms with van der Waals surface area (Å²) in [5.74, 6) is -1.81. The molecule has 8 heteroatoms. The Morgan fingerprint density at radius 2 is 1.73 bits per heavy atom. The molecule has 1 aromatic heterocycles. The van der Waals surface area contributed by atoms with E-state index in [4.69, 9.17) is 0 Å². The number of aromatic amines is 1. The second-order valence-corrected chi connectivity index (χ2v) is 4.58. The number of hydrogen-bond donors (Lipinski definition) is 2. The average molecular weight is 313 g/mol. The van der Waals surface area contributed by atoms with Crippen molar-refractivity contribution in [2.75, 3.05) is 5.32 Å². The van der Waals surface area contributed by atoms with Gasteiger partial charge in [-0.05, 0) is 30.3 Å². The van der Waals surface area contributed by atoms with Crippen LogP contribution in [-0.2, 0) is 6.18 Å². The van der Waals surface area contributed by atoms with E-state index in [-0.39, 0.29) is 17.0 Å². The fourth-order valence-corrected chi connectivity index (χ4v) is 2.00. The van der Waals surface area contributed by atoms with Crippen LogP contribution >= 0.6 is 0 Å². The Hall–Kier alpha value is -2.64. The van der Waals surface area contributed by atoms with Gasteiger partial charge in [-0.3, -0.25) is 5.10 Å². The van der Waals surface area contributed by atoms with Crippen LogP contribution in [0.5, 0.6) is 0 Å². The van der Waals surface area contributed by atoms with Crippen molar-refractivity contribution in [1.82, 2.24) is 10.2 Å². The number of benzene rings is 2. The van der Waals surface area contributed by atoms with E-state index in [2.05, 4.69) is 15.5 Å². The number of nitrogens with one attached hydrogen (secondary N) is 2. The first-order valence-corrected chi connectivity index (χ1v) is 6.12. The molecule has 0 spiro atoms. The first-order chi connectivity index (χ1) is 10.3. The number of nitrogens with zero attached hydrogens (tertiary/aromatic N) is 1. The molecule has 0 aliphatic rings. The van der Waals surface area contributed by atoms with E-state index in [1.54, 1.807) is 0 Å². The molecule has 0 fully saturated rings. The number of H-pyrrole nitrogens is 1. The molecule has 2 N–H and O–H groups in total. The molecule has 0 aliphatic carbocycles. The number of alkyl halides is 3. The minimum Gasteiger partial charge on any atom is -0.338 e. The van der Waals surface area contributed by atoms with Crippen LogP contribution < -0.4 is 5.32 Å². The lowest BCUT2D eigenvalue weighted by Gasteiger charge is -2.06. The summed E-state index contributed by atoms with van der Waals surface area (Å²) in [5.41, 5.74) is -0.393. The van der Waals surface area contributed by atoms with E-state index < -0.39 is 23.4 Å². The van der Waals surface area contributed by atoms with Gasteiger partial charge < -0.3 is 5.32 Å². The summed E-state index contributed by atoms with van der Waals surface area (Å²) in [6.45, 7) is 0. The van der Waals surface area contributed by atoms with Gasteiger partial charge in [0.15, 0.2) is 17.5 Å². The molecule has 3 aromatic rings. The Morgan fingerprint density at radius 1 is 0.955 bits per heavy atom. The maximum atomic E-state index is 13.1. The summed E-state index contributed by atoms with van der Waals surface area (Å²) >= 11 is 0. The van der Waals surface area contributed by atoms with Crippen LogP contribution in [-0.4, -0.2) is 10.2 Å². The van der Waals surface area contributed by atoms with E-state index in [0.717, 1.165) is 24.3 Å². The van der Waals surface area contributed by atoms with E-state index in [1.165, 1.54) is 12.1 Å². The molecule has 0 amide bonds. The van der Waals surface area contributed by atoms with Gasteiger partial charge in [-0.2, -0.15) is 18.3 Å². The Labute approximate surface area is 120 Å². The van der Waals surface area contributed by atoms with E-state index in [0.29, 0.717) is 5.39 Å². The van der Waals surface area contributed by atoms with Gasteiger partial charge in [-0.15, -0.1) is 0 Å². The van der Waals surface area contributed by atoms with Crippen molar-refractivity contribution >= 4 is 22.4 Å². The Kier molecular flexibility index (Phi) is 3.23. The molecule has 0 radical (unpaired) electrons. The standard InChI is InChI=1S/C14H8F5N3/c15-10-4-2-8(6-11(10)16)20-13-9-3-1-7(14(17,18)19)5-12(9)21-22-13/h1-6H,(H2,20,21,22). The molecule has 0 unspecified atom stereocenters. The lowest BCUT2D eigenvalue weighted by atomic mass is 10.1. The SMILES string of the molecule is Fc1ccc(Nc2n[nH]c3cc(C(F)(F)F)ccc23)cc1F. The molecule has 22 heavy (non-hydrogen) atoms. The predicted octanol–water partition coefficient (Wildman–Crippen LogP) is 4.60. The number of fused-ring (bicyclic) bond motifs is 1. The minimum absolute atomic E-state index is 0.180. The Morgan fingerprint density at radius 3 is 2.41 bits per heavy atom. The molecule has 0 saturated carbocycles. The lowest BCUT2D eigenvalue weighted by Crippen LogP contribution is -2.04. The van der Waals surface area contributed by atoms with Crippen LogP contribution in [0.3, 0.4) is 0 Å². The van der Waals surface area contributed by atoms with E-state index >= 15 is 0 Å². The zero-order valence-corrected chi connectivity index (χ0v) is 10.8. The van der Waals surface area contributed by atoms with Crippen molar-refractivity contribution in [1.29, 1.82) is 0 Å². The molecule has 3 rings (SSSR count). The minimum atomic E-state index is -4.45. The summed E-state index contributed by atoms with van der Waals surface area (Å²) in [5, 5.41) is 9.44. The smallest absolute Gasteiger partial charge is 0.338 e. The highest BCUT2D eigenvalue weighted by molar-refractivity contribution is 5.91. The third-order valence-corrected chi connectivity index (χ3v) is 3.07. The fraction of sp³-hybridized carbons (Fsp3) is 0.0714. The van der Waals surface area contributed by atoms with Crippen molar-refractivity contribution in [2.24, 2.45) is 0 Å². The van der Waals surface area contributed by atoms with Crippen LogP contribution in [0.2, 0.25) is 0 Å². The zero-order valence-electron chi connectivity index (χ0n) is 10.8. The van der Waals surface area contributed by atoms with Gasteiger partial charge in [0.25, 0.3) is 0 Å². The van der Waals surface area contributed by atoms with Gasteiger partial charge in [0, 0.05) is 17.1 Å². The molecule has 0 atom stereocenters. The Balaban J connectivity index is 1.96. The summed E-state index contributed by atoms with van der Waals surface area (Å²) in [6.07, 6.45) is -4.45. The molecule has 114 valence electrons. The molecule has 1 heterocycles. The summed E-state index contributed by atoms with van der Waals surface area (Å²) in [4.78, 5) is 0. The fourth-order valence-electron chi connectivity index (χ4n) is 2.00. The molecular formula is C14H8F5N3. The quantitative estimate of drug-likeness (QED) is 0.679. The maximum Gasteiger partial charge on any atom is 0.416 e. The second kappa shape index (κ2) is 4.97. The van der Waals surface area contributed by atoms with Gasteiger partial charge in [-0.25, -0.2) is 8.78 Å². The van der Waals surface area contributed by atoms with Gasteiger partial charge >= 0.3 is 6.18 Å². The number of hydrogen-bond acceptors (Lipinski definition) is 2. The maximum absolute atomic E-state index is 13.1. The number of aromatic nitrogens is 2. The molecular weight excluding hydrogens is 305 g/mol. The average Bonchev–Trinajstić information content (AvgIpc) is 2.84. The highest BCUT2D eigenvalue weighted by Gasteiger charge is 2.30. The third kappa shape index (κ3) is 2.59. The summed E-state index contributed by atoms with van der Waals surface area (Å²) in [6, 6.07) is 6.27. The molecule has 0 bridgehead atoms. The van der Waals surface area contributed by atoms with Gasteiger partial charge in [0.1, 0.15) is 0 Å². The van der Waals surface area contributed by atoms with Gasteiger partial charge in [0.05, 0.1) is 11.1 Å². The highest BCUT2D eigenvalue weighted by Crippen LogP contribution is 2.33. The highest BCUT2D eigenvalue weighted by atomic mass is 19.4. The third-order valence-electron chi connectivity index (χ3n) is 3.07. The first-order valence-electron chi connectivity index (χ1n) is 6.12. The van der Waals surface area contributed by atoms with Crippen molar-refractivity contribution in [3.05, 3.63) is 53.6 Å². The lowest BCUT2D eigenvalue weighted by molar-refractivity contribution is -0.137. The summed E-state index contributed by atoms with van der Waals surface area (Å²) in [7, 11) is 0. The summed E-state index contributed by atoms with van der Waals surface area (Å²) < 4.78 is 63.9. The van der Waals surface area contributed by atoms with Crippen LogP contribution in [0.25, 0.3) is 10.9 Å². The van der Waals surface area contributed by atoms with E-state index in [9.17, 15) is 22.0 Å².